The first-order valence-corrected chi connectivity index (χ1v) is 12.9. The van der Waals surface area contributed by atoms with Crippen molar-refractivity contribution in [1.29, 1.82) is 0 Å². The molecule has 0 unspecified atom stereocenters. The van der Waals surface area contributed by atoms with Gasteiger partial charge in [-0.3, -0.25) is 4.79 Å². The van der Waals surface area contributed by atoms with E-state index in [0.717, 1.165) is 55.3 Å². The standard InChI is InChI=1S/C24H29ClN2O4S/c1-17-9-12-21(31-2)23-19(17)8-7-15-27(23)24(28)18-10-11-20(25)22(16-18)32(29,30)26-13-5-3-4-6-14-26/h9-12,16H,3-8,13-15H2,1-2H3. The molecule has 4 rings (SSSR count). The predicted molar refractivity (Wildman–Crippen MR) is 126 cm³/mol. The maximum Gasteiger partial charge on any atom is 0.258 e. The molecule has 2 aromatic rings. The van der Waals surface area contributed by atoms with Crippen molar-refractivity contribution in [2.45, 2.75) is 50.3 Å². The molecule has 0 bridgehead atoms. The van der Waals surface area contributed by atoms with E-state index in [1.54, 1.807) is 18.1 Å². The summed E-state index contributed by atoms with van der Waals surface area (Å²) in [7, 11) is -2.18. The lowest BCUT2D eigenvalue weighted by atomic mass is 9.95. The van der Waals surface area contributed by atoms with Crippen LogP contribution in [0.5, 0.6) is 5.75 Å². The Labute approximate surface area is 195 Å². The number of methoxy groups -OCH3 is 1. The zero-order chi connectivity index (χ0) is 22.9. The lowest BCUT2D eigenvalue weighted by molar-refractivity contribution is 0.0984. The van der Waals surface area contributed by atoms with Crippen LogP contribution < -0.4 is 9.64 Å². The van der Waals surface area contributed by atoms with Gasteiger partial charge in [-0.2, -0.15) is 4.31 Å². The van der Waals surface area contributed by atoms with Crippen molar-refractivity contribution >= 4 is 33.2 Å². The van der Waals surface area contributed by atoms with Gasteiger partial charge in [0.05, 0.1) is 17.8 Å². The Bertz CT molecular complexity index is 1130. The first-order chi connectivity index (χ1) is 15.3. The Balaban J connectivity index is 1.73. The Morgan fingerprint density at radius 1 is 1.00 bits per heavy atom. The average molecular weight is 477 g/mol. The maximum atomic E-state index is 13.6. The molecule has 0 aliphatic carbocycles. The SMILES string of the molecule is COc1ccc(C)c2c1N(C(=O)c1ccc(Cl)c(S(=O)(=O)N3CCCCCC3)c1)CCC2. The molecule has 0 saturated carbocycles. The molecule has 1 fully saturated rings. The number of sulfonamides is 1. The van der Waals surface area contributed by atoms with Gasteiger partial charge in [-0.05, 0) is 68.0 Å². The molecule has 8 heteroatoms. The summed E-state index contributed by atoms with van der Waals surface area (Å²) in [5.41, 5.74) is 3.28. The minimum Gasteiger partial charge on any atom is -0.495 e. The fourth-order valence-corrected chi connectivity index (χ4v) is 6.65. The predicted octanol–water partition coefficient (Wildman–Crippen LogP) is 4.81. The van der Waals surface area contributed by atoms with Gasteiger partial charge in [-0.15, -0.1) is 0 Å². The second-order valence-electron chi connectivity index (χ2n) is 8.44. The maximum absolute atomic E-state index is 13.6. The van der Waals surface area contributed by atoms with Gasteiger partial charge in [0.15, 0.2) is 0 Å². The number of carbonyl (C=O) groups excluding carboxylic acids is 1. The van der Waals surface area contributed by atoms with E-state index < -0.39 is 10.0 Å². The highest BCUT2D eigenvalue weighted by Crippen LogP contribution is 2.39. The monoisotopic (exact) mass is 476 g/mol. The fraction of sp³-hybridized carbons (Fsp3) is 0.458. The van der Waals surface area contributed by atoms with Gasteiger partial charge in [0.1, 0.15) is 10.6 Å². The van der Waals surface area contributed by atoms with E-state index in [1.807, 2.05) is 19.1 Å². The molecule has 0 spiro atoms. The molecule has 2 aliphatic rings. The quantitative estimate of drug-likeness (QED) is 0.634. The van der Waals surface area contributed by atoms with Gasteiger partial charge in [-0.25, -0.2) is 8.42 Å². The lowest BCUT2D eigenvalue weighted by Gasteiger charge is -2.32. The summed E-state index contributed by atoms with van der Waals surface area (Å²) in [6, 6.07) is 8.42. The van der Waals surface area contributed by atoms with Crippen molar-refractivity contribution in [3.8, 4) is 5.75 Å². The summed E-state index contributed by atoms with van der Waals surface area (Å²) in [6.45, 7) is 3.53. The van der Waals surface area contributed by atoms with Crippen molar-refractivity contribution in [3.63, 3.8) is 0 Å². The van der Waals surface area contributed by atoms with Crippen LogP contribution in [0.15, 0.2) is 35.2 Å². The average Bonchev–Trinajstić information content (AvgIpc) is 3.09. The third-order valence-corrected chi connectivity index (χ3v) is 8.76. The number of hydrogen-bond donors (Lipinski definition) is 0. The van der Waals surface area contributed by atoms with E-state index in [4.69, 9.17) is 16.3 Å². The summed E-state index contributed by atoms with van der Waals surface area (Å²) in [5.74, 6) is 0.392. The second kappa shape index (κ2) is 9.41. The van der Waals surface area contributed by atoms with Crippen LogP contribution >= 0.6 is 11.6 Å². The third-order valence-electron chi connectivity index (χ3n) is 6.38. The highest BCUT2D eigenvalue weighted by atomic mass is 35.5. The molecule has 0 atom stereocenters. The number of anilines is 1. The number of fused-ring (bicyclic) bond motifs is 1. The van der Waals surface area contributed by atoms with Crippen LogP contribution in [0, 0.1) is 6.92 Å². The number of ether oxygens (including phenoxy) is 1. The molecule has 0 N–H and O–H groups in total. The van der Waals surface area contributed by atoms with Crippen molar-refractivity contribution in [2.75, 3.05) is 31.6 Å². The van der Waals surface area contributed by atoms with E-state index in [0.29, 0.717) is 30.9 Å². The van der Waals surface area contributed by atoms with Gasteiger partial charge in [0, 0.05) is 25.2 Å². The number of hydrogen-bond acceptors (Lipinski definition) is 4. The van der Waals surface area contributed by atoms with E-state index in [-0.39, 0.29) is 15.8 Å². The van der Waals surface area contributed by atoms with E-state index in [1.165, 1.54) is 16.4 Å². The molecule has 1 saturated heterocycles. The molecule has 172 valence electrons. The van der Waals surface area contributed by atoms with Crippen LogP contribution in [0.4, 0.5) is 5.69 Å². The molecule has 1 amide bonds. The molecular weight excluding hydrogens is 448 g/mol. The Kier molecular flexibility index (Phi) is 6.79. The van der Waals surface area contributed by atoms with E-state index >= 15 is 0 Å². The normalized spacial score (nSPS) is 17.5. The number of rotatable bonds is 4. The number of carbonyl (C=O) groups is 1. The Hall–Kier alpha value is -2.09. The zero-order valence-electron chi connectivity index (χ0n) is 18.6. The molecule has 2 aromatic carbocycles. The zero-order valence-corrected chi connectivity index (χ0v) is 20.1. The van der Waals surface area contributed by atoms with Gasteiger partial charge in [0.25, 0.3) is 5.91 Å². The topological polar surface area (TPSA) is 66.9 Å². The summed E-state index contributed by atoms with van der Waals surface area (Å²) < 4.78 is 33.8. The smallest absolute Gasteiger partial charge is 0.258 e. The number of amides is 1. The largest absolute Gasteiger partial charge is 0.495 e. The highest BCUT2D eigenvalue weighted by Gasteiger charge is 2.31. The second-order valence-corrected chi connectivity index (χ2v) is 10.7. The molecule has 6 nitrogen and oxygen atoms in total. The number of nitrogens with zero attached hydrogens (tertiary/aromatic N) is 2. The summed E-state index contributed by atoms with van der Waals surface area (Å²) in [6.07, 6.45) is 5.41. The van der Waals surface area contributed by atoms with Gasteiger partial charge in [-0.1, -0.05) is 30.5 Å². The van der Waals surface area contributed by atoms with Crippen LogP contribution in [0.3, 0.4) is 0 Å². The highest BCUT2D eigenvalue weighted by molar-refractivity contribution is 7.89. The van der Waals surface area contributed by atoms with Crippen molar-refractivity contribution in [3.05, 3.63) is 52.0 Å². The van der Waals surface area contributed by atoms with E-state index in [2.05, 4.69) is 0 Å². The van der Waals surface area contributed by atoms with Crippen LogP contribution in [0.1, 0.15) is 53.6 Å². The number of benzene rings is 2. The van der Waals surface area contributed by atoms with Crippen LogP contribution in [0.2, 0.25) is 5.02 Å². The van der Waals surface area contributed by atoms with Crippen LogP contribution in [-0.4, -0.2) is 45.4 Å². The molecule has 2 heterocycles. The Morgan fingerprint density at radius 3 is 2.41 bits per heavy atom. The van der Waals surface area contributed by atoms with Crippen molar-refractivity contribution < 1.29 is 17.9 Å². The molecular formula is C24H29ClN2O4S. The fourth-order valence-electron chi connectivity index (χ4n) is 4.63. The van der Waals surface area contributed by atoms with Crippen molar-refractivity contribution in [2.24, 2.45) is 0 Å². The summed E-state index contributed by atoms with van der Waals surface area (Å²) in [5, 5.41) is 0.137. The molecule has 32 heavy (non-hydrogen) atoms. The summed E-state index contributed by atoms with van der Waals surface area (Å²) in [4.78, 5) is 15.3. The summed E-state index contributed by atoms with van der Waals surface area (Å²) >= 11 is 6.33. The van der Waals surface area contributed by atoms with Crippen LogP contribution in [-0.2, 0) is 16.4 Å². The van der Waals surface area contributed by atoms with Crippen molar-refractivity contribution in [1.82, 2.24) is 4.31 Å². The van der Waals surface area contributed by atoms with Gasteiger partial charge in [0.2, 0.25) is 10.0 Å². The Morgan fingerprint density at radius 2 is 1.72 bits per heavy atom. The molecule has 0 radical (unpaired) electrons. The van der Waals surface area contributed by atoms with Gasteiger partial charge >= 0.3 is 0 Å². The third kappa shape index (κ3) is 4.26. The lowest BCUT2D eigenvalue weighted by Crippen LogP contribution is -2.36. The minimum atomic E-state index is -3.78. The molecule has 2 aliphatic heterocycles. The van der Waals surface area contributed by atoms with Crippen LogP contribution in [0.25, 0.3) is 0 Å². The minimum absolute atomic E-state index is 0.000330. The number of halogens is 1. The van der Waals surface area contributed by atoms with E-state index in [9.17, 15) is 13.2 Å². The first kappa shape index (κ1) is 23.1. The first-order valence-electron chi connectivity index (χ1n) is 11.1. The van der Waals surface area contributed by atoms with Gasteiger partial charge < -0.3 is 9.64 Å². The molecule has 0 aromatic heterocycles. The number of aryl methyl sites for hydroxylation is 1.